The maximum Gasteiger partial charge on any atom is 0.258 e. The van der Waals surface area contributed by atoms with Gasteiger partial charge < -0.3 is 9.09 Å². The van der Waals surface area contributed by atoms with Crippen molar-refractivity contribution in [3.63, 3.8) is 0 Å². The molecule has 0 aliphatic heterocycles. The van der Waals surface area contributed by atoms with E-state index in [-0.39, 0.29) is 5.91 Å². The first-order valence-electron chi connectivity index (χ1n) is 8.32. The van der Waals surface area contributed by atoms with Gasteiger partial charge in [0, 0.05) is 22.6 Å². The fourth-order valence-electron chi connectivity index (χ4n) is 2.91. The molecule has 0 saturated carbocycles. The molecule has 4 aromatic rings. The fourth-order valence-corrected chi connectivity index (χ4v) is 3.18. The summed E-state index contributed by atoms with van der Waals surface area (Å²) in [5, 5.41) is 7.41. The number of carbonyl (C=O) groups excluding carboxylic acids is 1. The molecule has 1 aromatic carbocycles. The van der Waals surface area contributed by atoms with Gasteiger partial charge in [-0.25, -0.2) is 9.97 Å². The van der Waals surface area contributed by atoms with Gasteiger partial charge in [0.25, 0.3) is 11.6 Å². The van der Waals surface area contributed by atoms with Crippen LogP contribution in [0.25, 0.3) is 11.1 Å². The molecule has 3 heterocycles. The van der Waals surface area contributed by atoms with Crippen LogP contribution in [0.5, 0.6) is 0 Å². The highest BCUT2D eigenvalue weighted by Gasteiger charge is 2.19. The smallest absolute Gasteiger partial charge is 0.258 e. The van der Waals surface area contributed by atoms with E-state index in [2.05, 4.69) is 36.4 Å². The number of rotatable bonds is 4. The van der Waals surface area contributed by atoms with Gasteiger partial charge in [0.15, 0.2) is 0 Å². The van der Waals surface area contributed by atoms with Crippen LogP contribution in [-0.4, -0.2) is 25.6 Å². The van der Waals surface area contributed by atoms with Crippen LogP contribution < -0.4 is 5.32 Å². The molecule has 0 saturated heterocycles. The lowest BCUT2D eigenvalue weighted by molar-refractivity contribution is 0.102. The van der Waals surface area contributed by atoms with E-state index < -0.39 is 0 Å². The highest BCUT2D eigenvalue weighted by Crippen LogP contribution is 2.23. The minimum absolute atomic E-state index is 0.278. The normalized spacial score (nSPS) is 11.1. The van der Waals surface area contributed by atoms with Crippen LogP contribution in [0.4, 0.5) is 5.95 Å². The lowest BCUT2D eigenvalue weighted by Crippen LogP contribution is -2.17. The van der Waals surface area contributed by atoms with Crippen LogP contribution in [0.1, 0.15) is 27.3 Å². The molecule has 0 aliphatic carbocycles. The van der Waals surface area contributed by atoms with E-state index in [0.29, 0.717) is 40.5 Å². The third-order valence-corrected chi connectivity index (χ3v) is 4.73. The highest BCUT2D eigenvalue weighted by atomic mass is 79.9. The highest BCUT2D eigenvalue weighted by molar-refractivity contribution is 9.10. The Morgan fingerprint density at radius 2 is 2.04 bits per heavy atom. The Kier molecular flexibility index (Phi) is 4.49. The number of pyridine rings is 1. The van der Waals surface area contributed by atoms with E-state index in [9.17, 15) is 4.79 Å². The van der Waals surface area contributed by atoms with E-state index in [4.69, 9.17) is 4.52 Å². The second-order valence-electron chi connectivity index (χ2n) is 6.22. The molecule has 0 atom stereocenters. The minimum atomic E-state index is -0.278. The zero-order valence-electron chi connectivity index (χ0n) is 14.7. The summed E-state index contributed by atoms with van der Waals surface area (Å²) in [6, 6.07) is 9.73. The number of imidazole rings is 1. The lowest BCUT2D eigenvalue weighted by Gasteiger charge is -2.10. The van der Waals surface area contributed by atoms with E-state index in [0.717, 1.165) is 10.0 Å². The van der Waals surface area contributed by atoms with Crippen molar-refractivity contribution in [2.24, 2.45) is 0 Å². The van der Waals surface area contributed by atoms with Crippen LogP contribution in [0.3, 0.4) is 0 Å². The average molecular weight is 426 g/mol. The number of hydrogen-bond donors (Lipinski definition) is 1. The zero-order valence-corrected chi connectivity index (χ0v) is 16.3. The molecule has 0 spiro atoms. The Labute approximate surface area is 163 Å². The van der Waals surface area contributed by atoms with Gasteiger partial charge in [-0.1, -0.05) is 33.2 Å². The van der Waals surface area contributed by atoms with Gasteiger partial charge in [-0.15, -0.1) is 0 Å². The number of aryl methyl sites for hydroxylation is 2. The average Bonchev–Trinajstić information content (AvgIpc) is 3.23. The van der Waals surface area contributed by atoms with E-state index in [1.54, 1.807) is 19.2 Å². The SMILES string of the molecule is Cc1cc(C(=O)Nc2nccn2Cc2ccc(Br)cc2)c2c(C)noc2n1. The quantitative estimate of drug-likeness (QED) is 0.531. The second-order valence-corrected chi connectivity index (χ2v) is 7.13. The second kappa shape index (κ2) is 6.96. The molecule has 0 bridgehead atoms. The molecule has 1 amide bonds. The maximum atomic E-state index is 12.9. The number of benzene rings is 1. The Morgan fingerprint density at radius 3 is 2.81 bits per heavy atom. The minimum Gasteiger partial charge on any atom is -0.336 e. The van der Waals surface area contributed by atoms with Crippen molar-refractivity contribution < 1.29 is 9.32 Å². The molecule has 27 heavy (non-hydrogen) atoms. The van der Waals surface area contributed by atoms with Crippen LogP contribution in [0, 0.1) is 13.8 Å². The number of nitrogens with zero attached hydrogens (tertiary/aromatic N) is 4. The van der Waals surface area contributed by atoms with Crippen LogP contribution in [0.15, 0.2) is 51.7 Å². The number of halogens is 1. The summed E-state index contributed by atoms with van der Waals surface area (Å²) in [4.78, 5) is 21.5. The summed E-state index contributed by atoms with van der Waals surface area (Å²) in [6.45, 7) is 4.19. The van der Waals surface area contributed by atoms with E-state index in [1.807, 2.05) is 42.0 Å². The van der Waals surface area contributed by atoms with Gasteiger partial charge >= 0.3 is 0 Å². The summed E-state index contributed by atoms with van der Waals surface area (Å²) in [6.07, 6.45) is 3.49. The molecule has 8 heteroatoms. The Morgan fingerprint density at radius 1 is 1.26 bits per heavy atom. The van der Waals surface area contributed by atoms with E-state index in [1.165, 1.54) is 0 Å². The summed E-state index contributed by atoms with van der Waals surface area (Å²) < 4.78 is 8.10. The van der Waals surface area contributed by atoms with Crippen LogP contribution in [0.2, 0.25) is 0 Å². The predicted molar refractivity (Wildman–Crippen MR) is 105 cm³/mol. The number of hydrogen-bond acceptors (Lipinski definition) is 5. The largest absolute Gasteiger partial charge is 0.336 e. The van der Waals surface area contributed by atoms with Crippen molar-refractivity contribution in [1.29, 1.82) is 0 Å². The van der Waals surface area contributed by atoms with Crippen molar-refractivity contribution in [2.75, 3.05) is 5.32 Å². The monoisotopic (exact) mass is 425 g/mol. The van der Waals surface area contributed by atoms with Crippen LogP contribution >= 0.6 is 15.9 Å². The standard InChI is InChI=1S/C19H16BrN5O2/c1-11-9-15(16-12(2)24-27-18(16)22-11)17(26)23-19-21-7-8-25(19)10-13-3-5-14(20)6-4-13/h3-9H,10H2,1-2H3,(H,21,23,26). The summed E-state index contributed by atoms with van der Waals surface area (Å²) in [7, 11) is 0. The summed E-state index contributed by atoms with van der Waals surface area (Å²) in [5.41, 5.74) is 3.23. The first kappa shape index (κ1) is 17.4. The van der Waals surface area contributed by atoms with Gasteiger partial charge in [0.2, 0.25) is 5.95 Å². The van der Waals surface area contributed by atoms with Crippen molar-refractivity contribution in [2.45, 2.75) is 20.4 Å². The third kappa shape index (κ3) is 3.48. The molecule has 0 unspecified atom stereocenters. The van der Waals surface area contributed by atoms with Crippen molar-refractivity contribution in [3.05, 3.63) is 69.7 Å². The maximum absolute atomic E-state index is 12.9. The molecule has 0 radical (unpaired) electrons. The number of aromatic nitrogens is 4. The molecular weight excluding hydrogens is 410 g/mol. The van der Waals surface area contributed by atoms with Crippen molar-refractivity contribution >= 4 is 38.9 Å². The Hall–Kier alpha value is -3.00. The topological polar surface area (TPSA) is 85.8 Å². The van der Waals surface area contributed by atoms with Crippen LogP contribution in [-0.2, 0) is 6.54 Å². The van der Waals surface area contributed by atoms with Gasteiger partial charge in [-0.05, 0) is 37.6 Å². The molecule has 136 valence electrons. The first-order valence-corrected chi connectivity index (χ1v) is 9.11. The predicted octanol–water partition coefficient (Wildman–Crippen LogP) is 4.10. The molecule has 3 aromatic heterocycles. The number of nitrogens with one attached hydrogen (secondary N) is 1. The number of amides is 1. The molecule has 0 fully saturated rings. The van der Waals surface area contributed by atoms with Crippen molar-refractivity contribution in [1.82, 2.24) is 19.7 Å². The van der Waals surface area contributed by atoms with Gasteiger partial charge in [-0.2, -0.15) is 0 Å². The fraction of sp³-hybridized carbons (Fsp3) is 0.158. The summed E-state index contributed by atoms with van der Waals surface area (Å²) >= 11 is 3.43. The summed E-state index contributed by atoms with van der Waals surface area (Å²) in [5.74, 6) is 0.194. The lowest BCUT2D eigenvalue weighted by atomic mass is 10.1. The zero-order chi connectivity index (χ0) is 19.0. The third-order valence-electron chi connectivity index (χ3n) is 4.20. The number of carbonyl (C=O) groups is 1. The first-order chi connectivity index (χ1) is 13.0. The molecule has 7 nitrogen and oxygen atoms in total. The number of fused-ring (bicyclic) bond motifs is 1. The Balaban J connectivity index is 1.62. The van der Waals surface area contributed by atoms with Crippen molar-refractivity contribution in [3.8, 4) is 0 Å². The van der Waals surface area contributed by atoms with Gasteiger partial charge in [-0.3, -0.25) is 10.1 Å². The molecule has 4 rings (SSSR count). The molecular formula is C19H16BrN5O2. The molecule has 0 aliphatic rings. The van der Waals surface area contributed by atoms with Gasteiger partial charge in [0.05, 0.1) is 23.2 Å². The number of anilines is 1. The van der Waals surface area contributed by atoms with E-state index >= 15 is 0 Å². The Bertz CT molecular complexity index is 1130. The molecule has 1 N–H and O–H groups in total. The van der Waals surface area contributed by atoms with Gasteiger partial charge in [0.1, 0.15) is 0 Å².